The van der Waals surface area contributed by atoms with Crippen LogP contribution >= 0.6 is 0 Å². The van der Waals surface area contributed by atoms with Gasteiger partial charge in [-0.3, -0.25) is 0 Å². The Labute approximate surface area is 120 Å². The van der Waals surface area contributed by atoms with Crippen LogP contribution < -0.4 is 0 Å². The molecule has 0 bridgehead atoms. The van der Waals surface area contributed by atoms with Gasteiger partial charge in [-0.1, -0.05) is 90.0 Å². The van der Waals surface area contributed by atoms with Crippen molar-refractivity contribution >= 4 is 0 Å². The van der Waals surface area contributed by atoms with Crippen LogP contribution in [0.1, 0.15) is 89.2 Å². The molecule has 0 nitrogen and oxygen atoms in total. The van der Waals surface area contributed by atoms with Crippen molar-refractivity contribution in [2.45, 2.75) is 84.5 Å². The van der Waals surface area contributed by atoms with Gasteiger partial charge in [0, 0.05) is 0 Å². The molecule has 108 valence electrons. The summed E-state index contributed by atoms with van der Waals surface area (Å²) in [4.78, 5) is 0. The molecule has 0 aromatic heterocycles. The molecule has 0 aliphatic carbocycles. The van der Waals surface area contributed by atoms with Gasteiger partial charge in [-0.05, 0) is 29.9 Å². The Balaban J connectivity index is 2.06. The van der Waals surface area contributed by atoms with E-state index in [4.69, 9.17) is 0 Å². The Kier molecular flexibility index (Phi) is 8.62. The van der Waals surface area contributed by atoms with Crippen molar-refractivity contribution in [2.75, 3.05) is 0 Å². The summed E-state index contributed by atoms with van der Waals surface area (Å²) < 4.78 is 0. The van der Waals surface area contributed by atoms with Gasteiger partial charge in [-0.2, -0.15) is 0 Å². The molecule has 19 heavy (non-hydrogen) atoms. The molecule has 0 aliphatic rings. The van der Waals surface area contributed by atoms with E-state index in [0.29, 0.717) is 5.92 Å². The van der Waals surface area contributed by atoms with Crippen molar-refractivity contribution in [3.05, 3.63) is 35.4 Å². The van der Waals surface area contributed by atoms with Crippen molar-refractivity contribution in [3.63, 3.8) is 0 Å². The van der Waals surface area contributed by atoms with E-state index >= 15 is 0 Å². The van der Waals surface area contributed by atoms with Crippen molar-refractivity contribution in [1.82, 2.24) is 0 Å². The molecule has 0 saturated heterocycles. The quantitative estimate of drug-likeness (QED) is 0.422. The first kappa shape index (κ1) is 16.3. The topological polar surface area (TPSA) is 0 Å². The summed E-state index contributed by atoms with van der Waals surface area (Å²) in [5.41, 5.74) is 2.97. The summed E-state index contributed by atoms with van der Waals surface area (Å²) in [6, 6.07) is 9.22. The molecule has 0 heterocycles. The molecule has 0 aliphatic heterocycles. The summed E-state index contributed by atoms with van der Waals surface area (Å²) in [5.74, 6) is 0.650. The lowest BCUT2D eigenvalue weighted by Gasteiger charge is -2.07. The highest BCUT2D eigenvalue weighted by atomic mass is 14.0. The molecule has 0 atom stereocenters. The normalized spacial score (nSPS) is 11.2. The highest BCUT2D eigenvalue weighted by Gasteiger charge is 1.99. The maximum absolute atomic E-state index is 2.32. The van der Waals surface area contributed by atoms with E-state index in [1.54, 1.807) is 0 Å². The number of benzene rings is 1. The van der Waals surface area contributed by atoms with Crippen LogP contribution in [-0.2, 0) is 6.42 Å². The molecule has 0 unspecified atom stereocenters. The largest absolute Gasteiger partial charge is 0.0654 e. The molecule has 0 heteroatoms. The second kappa shape index (κ2) is 10.1. The minimum atomic E-state index is 0.650. The van der Waals surface area contributed by atoms with E-state index in [2.05, 4.69) is 45.0 Å². The minimum Gasteiger partial charge on any atom is -0.0654 e. The number of aryl methyl sites for hydroxylation is 1. The summed E-state index contributed by atoms with van der Waals surface area (Å²) in [6.07, 6.45) is 12.5. The zero-order valence-corrected chi connectivity index (χ0v) is 13.3. The number of hydrogen-bond acceptors (Lipinski definition) is 0. The first-order chi connectivity index (χ1) is 9.24. The first-order valence-corrected chi connectivity index (χ1v) is 8.33. The predicted octanol–water partition coefficient (Wildman–Crippen LogP) is 6.49. The Bertz CT molecular complexity index is 307. The molecular formula is C19H32. The standard InChI is InChI=1S/C19H32/c1-4-5-6-7-8-9-10-11-12-18-13-15-19(16-14-18)17(2)3/h13-17H,4-12H2,1-3H3. The Morgan fingerprint density at radius 1 is 0.737 bits per heavy atom. The maximum atomic E-state index is 2.32. The SMILES string of the molecule is CCCCCCCCCCc1ccc(C(C)C)cc1. The third kappa shape index (κ3) is 7.40. The monoisotopic (exact) mass is 260 g/mol. The highest BCUT2D eigenvalue weighted by Crippen LogP contribution is 2.16. The van der Waals surface area contributed by atoms with Crippen LogP contribution in [0.25, 0.3) is 0 Å². The minimum absolute atomic E-state index is 0.650. The Morgan fingerprint density at radius 2 is 1.26 bits per heavy atom. The van der Waals surface area contributed by atoms with Crippen molar-refractivity contribution < 1.29 is 0 Å². The van der Waals surface area contributed by atoms with E-state index < -0.39 is 0 Å². The lowest BCUT2D eigenvalue weighted by molar-refractivity contribution is 0.575. The summed E-state index contributed by atoms with van der Waals surface area (Å²) in [5, 5.41) is 0. The number of unbranched alkanes of at least 4 members (excludes halogenated alkanes) is 7. The third-order valence-corrected chi connectivity index (χ3v) is 3.97. The molecule has 0 saturated carbocycles. The van der Waals surface area contributed by atoms with E-state index in [-0.39, 0.29) is 0 Å². The fourth-order valence-electron chi connectivity index (χ4n) is 2.53. The van der Waals surface area contributed by atoms with E-state index in [1.807, 2.05) is 0 Å². The van der Waals surface area contributed by atoms with Gasteiger partial charge >= 0.3 is 0 Å². The van der Waals surface area contributed by atoms with Gasteiger partial charge in [-0.15, -0.1) is 0 Å². The van der Waals surface area contributed by atoms with Crippen LogP contribution in [0.5, 0.6) is 0 Å². The van der Waals surface area contributed by atoms with E-state index in [9.17, 15) is 0 Å². The van der Waals surface area contributed by atoms with Gasteiger partial charge in [0.05, 0.1) is 0 Å². The van der Waals surface area contributed by atoms with Gasteiger partial charge in [0.25, 0.3) is 0 Å². The second-order valence-electron chi connectivity index (χ2n) is 6.12. The zero-order chi connectivity index (χ0) is 13.9. The van der Waals surface area contributed by atoms with Crippen LogP contribution in [0.3, 0.4) is 0 Å². The summed E-state index contributed by atoms with van der Waals surface area (Å²) in [6.45, 7) is 6.80. The first-order valence-electron chi connectivity index (χ1n) is 8.33. The highest BCUT2D eigenvalue weighted by molar-refractivity contribution is 5.24. The Morgan fingerprint density at radius 3 is 1.79 bits per heavy atom. The third-order valence-electron chi connectivity index (χ3n) is 3.97. The molecule has 0 amide bonds. The van der Waals surface area contributed by atoms with Gasteiger partial charge in [-0.25, -0.2) is 0 Å². The molecule has 0 spiro atoms. The Hall–Kier alpha value is -0.780. The van der Waals surface area contributed by atoms with E-state index in [1.165, 1.54) is 68.9 Å². The van der Waals surface area contributed by atoms with Crippen molar-refractivity contribution in [1.29, 1.82) is 0 Å². The van der Waals surface area contributed by atoms with Crippen LogP contribution in [0.4, 0.5) is 0 Å². The smallest absolute Gasteiger partial charge is 0.0219 e. The molecular weight excluding hydrogens is 228 g/mol. The lowest BCUT2D eigenvalue weighted by atomic mass is 9.99. The van der Waals surface area contributed by atoms with Crippen LogP contribution in [-0.4, -0.2) is 0 Å². The van der Waals surface area contributed by atoms with Gasteiger partial charge < -0.3 is 0 Å². The van der Waals surface area contributed by atoms with Crippen LogP contribution in [0, 0.1) is 0 Å². The molecule has 1 rings (SSSR count). The average Bonchev–Trinajstić information content (AvgIpc) is 2.42. The summed E-state index contributed by atoms with van der Waals surface area (Å²) >= 11 is 0. The van der Waals surface area contributed by atoms with Crippen LogP contribution in [0.15, 0.2) is 24.3 Å². The van der Waals surface area contributed by atoms with Crippen molar-refractivity contribution in [2.24, 2.45) is 0 Å². The number of rotatable bonds is 10. The van der Waals surface area contributed by atoms with Gasteiger partial charge in [0.2, 0.25) is 0 Å². The van der Waals surface area contributed by atoms with Crippen LogP contribution in [0.2, 0.25) is 0 Å². The maximum Gasteiger partial charge on any atom is -0.0219 e. The lowest BCUT2D eigenvalue weighted by Crippen LogP contribution is -1.90. The molecule has 1 aromatic rings. The summed E-state index contributed by atoms with van der Waals surface area (Å²) in [7, 11) is 0. The average molecular weight is 260 g/mol. The molecule has 1 aromatic carbocycles. The predicted molar refractivity (Wildman–Crippen MR) is 86.8 cm³/mol. The second-order valence-corrected chi connectivity index (χ2v) is 6.12. The van der Waals surface area contributed by atoms with Crippen molar-refractivity contribution in [3.8, 4) is 0 Å². The van der Waals surface area contributed by atoms with E-state index in [0.717, 1.165) is 0 Å². The zero-order valence-electron chi connectivity index (χ0n) is 13.3. The molecule has 0 radical (unpaired) electrons. The fraction of sp³-hybridized carbons (Fsp3) is 0.684. The molecule has 0 fully saturated rings. The number of hydrogen-bond donors (Lipinski definition) is 0. The molecule has 0 N–H and O–H groups in total. The fourth-order valence-corrected chi connectivity index (χ4v) is 2.53. The van der Waals surface area contributed by atoms with Gasteiger partial charge in [0.1, 0.15) is 0 Å². The van der Waals surface area contributed by atoms with Gasteiger partial charge in [0.15, 0.2) is 0 Å².